The number of rotatable bonds is 0. The van der Waals surface area contributed by atoms with Crippen LogP contribution in [0.4, 0.5) is 0 Å². The van der Waals surface area contributed by atoms with Gasteiger partial charge in [-0.3, -0.25) is 0 Å². The summed E-state index contributed by atoms with van der Waals surface area (Å²) in [5.74, 6) is 0. The van der Waals surface area contributed by atoms with Gasteiger partial charge in [-0.25, -0.2) is 0 Å². The molecule has 0 saturated carbocycles. The summed E-state index contributed by atoms with van der Waals surface area (Å²) in [5, 5.41) is 13.6. The first-order valence-electron chi connectivity index (χ1n) is 1.06. The third-order valence-electron chi connectivity index (χ3n) is 0. The van der Waals surface area contributed by atoms with Gasteiger partial charge in [-0.1, -0.05) is 0 Å². The first-order valence-corrected chi connectivity index (χ1v) is 2.05. The Morgan fingerprint density at radius 2 is 1.71 bits per heavy atom. The molecule has 0 aromatic rings. The molecule has 0 amide bonds. The molecule has 0 aliphatic carbocycles. The van der Waals surface area contributed by atoms with Crippen molar-refractivity contribution < 1.29 is 18.3 Å². The van der Waals surface area contributed by atoms with Crippen molar-refractivity contribution in [1.82, 2.24) is 0 Å². The molecular weight excluding hydrogens is 121 g/mol. The van der Waals surface area contributed by atoms with Gasteiger partial charge in [0.25, 0.3) is 5.09 Å². The third kappa shape index (κ3) is 133. The van der Waals surface area contributed by atoms with E-state index in [4.69, 9.17) is 23.3 Å². The van der Waals surface area contributed by atoms with E-state index in [1.54, 1.807) is 0 Å². The Morgan fingerprint density at radius 1 is 1.71 bits per heavy atom. The minimum atomic E-state index is -1.50. The van der Waals surface area contributed by atoms with Crippen LogP contribution in [0, 0.1) is 10.1 Å². The van der Waals surface area contributed by atoms with Crippen LogP contribution >= 0.6 is 0 Å². The van der Waals surface area contributed by atoms with Crippen molar-refractivity contribution in [2.24, 2.45) is 0 Å². The zero-order valence-corrected chi connectivity index (χ0v) is 4.30. The average Bonchev–Trinajstić information content (AvgIpc) is 1.33. The summed E-state index contributed by atoms with van der Waals surface area (Å²) < 4.78 is 15.7. The summed E-state index contributed by atoms with van der Waals surface area (Å²) in [6.07, 6.45) is 0. The molecule has 0 rings (SSSR count). The second-order valence-electron chi connectivity index (χ2n) is 0.343. The summed E-state index contributed by atoms with van der Waals surface area (Å²) in [5.41, 5.74) is 0. The van der Waals surface area contributed by atoms with Crippen LogP contribution in [0.1, 0.15) is 0 Å². The molecule has 0 saturated heterocycles. The van der Waals surface area contributed by atoms with Crippen LogP contribution in [0.3, 0.4) is 0 Å². The van der Waals surface area contributed by atoms with Crippen LogP contribution in [-0.4, -0.2) is 29.9 Å². The van der Waals surface area contributed by atoms with Crippen LogP contribution in [0.25, 0.3) is 0 Å². The van der Waals surface area contributed by atoms with Gasteiger partial charge in [0.2, 0.25) is 0 Å². The SMILES string of the molecule is O=[N+]([O-])O.[O]=[Al][OH]. The van der Waals surface area contributed by atoms with Gasteiger partial charge < -0.3 is 5.21 Å². The quantitative estimate of drug-likeness (QED) is 0.234. The van der Waals surface area contributed by atoms with E-state index >= 15 is 0 Å². The molecule has 0 radical (unpaired) electrons. The summed E-state index contributed by atoms with van der Waals surface area (Å²) in [7, 11) is 0. The van der Waals surface area contributed by atoms with Crippen molar-refractivity contribution in [2.75, 3.05) is 0 Å². The molecule has 0 aliphatic rings. The molecule has 40 valence electrons. The van der Waals surface area contributed by atoms with E-state index in [-0.39, 0.29) is 0 Å². The maximum atomic E-state index is 8.57. The molecule has 0 aromatic carbocycles. The molecule has 0 aromatic heterocycles. The van der Waals surface area contributed by atoms with E-state index in [2.05, 4.69) is 0 Å². The Hall–Kier alpha value is -0.668. The molecule has 0 fully saturated rings. The fraction of sp³-hybridized carbons (Fsp3) is 0. The number of hydrogen-bond donors (Lipinski definition) is 2. The van der Waals surface area contributed by atoms with Crippen molar-refractivity contribution >= 4 is 15.5 Å². The maximum absolute atomic E-state index is 8.57. The van der Waals surface area contributed by atoms with E-state index < -0.39 is 20.6 Å². The van der Waals surface area contributed by atoms with Gasteiger partial charge in [-0.05, 0) is 0 Å². The molecule has 7 heteroatoms. The predicted octanol–water partition coefficient (Wildman–Crippen LogP) is -1.40. The summed E-state index contributed by atoms with van der Waals surface area (Å²) in [6, 6.07) is 0. The van der Waals surface area contributed by atoms with Crippen molar-refractivity contribution in [2.45, 2.75) is 0 Å². The van der Waals surface area contributed by atoms with Gasteiger partial charge in [0, 0.05) is 0 Å². The zero-order valence-electron chi connectivity index (χ0n) is 3.14. The Morgan fingerprint density at radius 3 is 1.71 bits per heavy atom. The Kier molecular flexibility index (Phi) is 12.4. The van der Waals surface area contributed by atoms with E-state index in [0.29, 0.717) is 0 Å². The Bertz CT molecular complexity index is 55.1. The fourth-order valence-electron chi connectivity index (χ4n) is 0. The fourth-order valence-corrected chi connectivity index (χ4v) is 0. The minimum absolute atomic E-state index is 1.50. The molecule has 7 heavy (non-hydrogen) atoms. The summed E-state index contributed by atoms with van der Waals surface area (Å²) in [4.78, 5) is 8.36. The second kappa shape index (κ2) is 9.01. The van der Waals surface area contributed by atoms with Gasteiger partial charge in [-0.15, -0.1) is 10.1 Å². The normalized spacial score (nSPS) is 4.57. The van der Waals surface area contributed by atoms with Crippen molar-refractivity contribution in [3.8, 4) is 0 Å². The predicted molar refractivity (Wildman–Crippen MR) is 17.4 cm³/mol. The molecule has 0 aliphatic heterocycles. The van der Waals surface area contributed by atoms with E-state index in [0.717, 1.165) is 0 Å². The molecular formula is H2AlNO5. The zero-order chi connectivity index (χ0) is 6.28. The van der Waals surface area contributed by atoms with Crippen LogP contribution in [0.5, 0.6) is 0 Å². The van der Waals surface area contributed by atoms with Crippen LogP contribution < -0.4 is 0 Å². The van der Waals surface area contributed by atoms with Crippen molar-refractivity contribution in [1.29, 1.82) is 0 Å². The summed E-state index contributed by atoms with van der Waals surface area (Å²) >= 11 is -1.50. The number of hydrogen-bond acceptors (Lipinski definition) is 3. The monoisotopic (exact) mass is 123 g/mol. The molecule has 0 atom stereocenters. The molecule has 0 bridgehead atoms. The van der Waals surface area contributed by atoms with E-state index in [9.17, 15) is 0 Å². The second-order valence-corrected chi connectivity index (χ2v) is 0.554. The standard InChI is InChI=1S/Al.HNO3.H2O.O/c;2-1(3)4;;/h;(H,2,3,4);1H2;/q+1;;;/p-1. The Balaban J connectivity index is 0. The van der Waals surface area contributed by atoms with Gasteiger partial charge >= 0.3 is 23.4 Å². The van der Waals surface area contributed by atoms with Crippen LogP contribution in [0.2, 0.25) is 0 Å². The van der Waals surface area contributed by atoms with E-state index in [1.165, 1.54) is 0 Å². The Labute approximate surface area is 44.7 Å². The molecule has 0 unspecified atom stereocenters. The van der Waals surface area contributed by atoms with Crippen LogP contribution in [-0.2, 0) is 3.80 Å². The van der Waals surface area contributed by atoms with Gasteiger partial charge in [-0.2, -0.15) is 0 Å². The topological polar surface area (TPSA) is 101 Å². The summed E-state index contributed by atoms with van der Waals surface area (Å²) in [6.45, 7) is 0. The van der Waals surface area contributed by atoms with Gasteiger partial charge in [0.15, 0.2) is 0 Å². The third-order valence-corrected chi connectivity index (χ3v) is 0. The van der Waals surface area contributed by atoms with Crippen LogP contribution in [0.15, 0.2) is 0 Å². The first kappa shape index (κ1) is 9.59. The van der Waals surface area contributed by atoms with Gasteiger partial charge in [0.05, 0.1) is 0 Å². The molecule has 2 N–H and O–H groups in total. The van der Waals surface area contributed by atoms with Crippen molar-refractivity contribution in [3.05, 3.63) is 10.1 Å². The molecule has 0 heterocycles. The van der Waals surface area contributed by atoms with Crippen molar-refractivity contribution in [3.63, 3.8) is 0 Å². The van der Waals surface area contributed by atoms with Gasteiger partial charge in [0.1, 0.15) is 0 Å². The van der Waals surface area contributed by atoms with E-state index in [1.807, 2.05) is 0 Å². The average molecular weight is 123 g/mol. The molecule has 6 nitrogen and oxygen atoms in total. The number of nitrogens with zero attached hydrogens (tertiary/aromatic N) is 1. The first-order chi connectivity index (χ1) is 3.15. The molecule has 0 spiro atoms.